The lowest BCUT2D eigenvalue weighted by atomic mass is 9.91. The summed E-state index contributed by atoms with van der Waals surface area (Å²) in [4.78, 5) is 1.91. The van der Waals surface area contributed by atoms with E-state index in [1.807, 2.05) is 11.8 Å². The van der Waals surface area contributed by atoms with Crippen LogP contribution in [0.5, 0.6) is 5.75 Å². The summed E-state index contributed by atoms with van der Waals surface area (Å²) in [5.41, 5.74) is -2.81. The lowest BCUT2D eigenvalue weighted by Crippen LogP contribution is -2.45. The van der Waals surface area contributed by atoms with Gasteiger partial charge in [0, 0.05) is 37.8 Å². The molecule has 1 saturated heterocycles. The Morgan fingerprint density at radius 2 is 1.68 bits per heavy atom. The van der Waals surface area contributed by atoms with Crippen LogP contribution in [0.1, 0.15) is 55.3 Å². The molecule has 0 saturated carbocycles. The predicted molar refractivity (Wildman–Crippen MR) is 94.3 cm³/mol. The molecule has 0 unspecified atom stereocenters. The van der Waals surface area contributed by atoms with E-state index in [0.717, 1.165) is 20.0 Å². The van der Waals surface area contributed by atoms with Crippen molar-refractivity contribution in [1.29, 1.82) is 0 Å². The van der Waals surface area contributed by atoms with Gasteiger partial charge in [-0.3, -0.25) is 4.90 Å². The van der Waals surface area contributed by atoms with Gasteiger partial charge >= 0.3 is 12.4 Å². The van der Waals surface area contributed by atoms with E-state index in [2.05, 4.69) is 5.32 Å². The second-order valence-corrected chi connectivity index (χ2v) is 6.93. The Bertz CT molecular complexity index is 639. The molecule has 9 heteroatoms. The van der Waals surface area contributed by atoms with Crippen molar-refractivity contribution in [2.24, 2.45) is 0 Å². The van der Waals surface area contributed by atoms with Crippen molar-refractivity contribution in [3.63, 3.8) is 0 Å². The van der Waals surface area contributed by atoms with Crippen LogP contribution in [-0.2, 0) is 12.4 Å². The van der Waals surface area contributed by atoms with Crippen LogP contribution in [-0.4, -0.2) is 38.2 Å². The van der Waals surface area contributed by atoms with Gasteiger partial charge in [-0.1, -0.05) is 26.2 Å². The highest BCUT2D eigenvalue weighted by atomic mass is 19.4. The van der Waals surface area contributed by atoms with E-state index in [0.29, 0.717) is 45.1 Å². The molecule has 0 aromatic heterocycles. The van der Waals surface area contributed by atoms with Gasteiger partial charge < -0.3 is 10.1 Å². The number of benzene rings is 1. The van der Waals surface area contributed by atoms with Crippen LogP contribution in [0.15, 0.2) is 12.1 Å². The maximum atomic E-state index is 13.8. The summed E-state index contributed by atoms with van der Waals surface area (Å²) in [5.74, 6) is -0.359. The zero-order chi connectivity index (χ0) is 20.9. The van der Waals surface area contributed by atoms with E-state index >= 15 is 0 Å². The molecule has 1 fully saturated rings. The van der Waals surface area contributed by atoms with Crippen LogP contribution >= 0.6 is 0 Å². The van der Waals surface area contributed by atoms with E-state index in [-0.39, 0.29) is 17.4 Å². The summed E-state index contributed by atoms with van der Waals surface area (Å²) in [5, 5.41) is 3.15. The zero-order valence-corrected chi connectivity index (χ0v) is 16.0. The number of halogens is 6. The molecular weight excluding hydrogens is 386 g/mol. The third-order valence-corrected chi connectivity index (χ3v) is 5.00. The van der Waals surface area contributed by atoms with Gasteiger partial charge in [-0.05, 0) is 18.6 Å². The SMILES string of the molecule is CCCCC[C@H](c1c(OC)cc(C(F)(F)F)cc1C(F)(F)F)N1CCNCC1. The summed E-state index contributed by atoms with van der Waals surface area (Å²) >= 11 is 0. The van der Waals surface area contributed by atoms with Crippen LogP contribution in [0.2, 0.25) is 0 Å². The number of nitrogens with zero attached hydrogens (tertiary/aromatic N) is 1. The number of methoxy groups -OCH3 is 1. The molecule has 0 amide bonds. The minimum atomic E-state index is -4.92. The van der Waals surface area contributed by atoms with Crippen molar-refractivity contribution in [2.75, 3.05) is 33.3 Å². The number of ether oxygens (including phenoxy) is 1. The molecule has 1 aromatic rings. The molecule has 1 aromatic carbocycles. The Balaban J connectivity index is 2.61. The molecule has 1 aliphatic rings. The Morgan fingerprint density at radius 1 is 1.04 bits per heavy atom. The van der Waals surface area contributed by atoms with Crippen molar-refractivity contribution >= 4 is 0 Å². The third-order valence-electron chi connectivity index (χ3n) is 5.00. The Hall–Kier alpha value is -1.48. The number of nitrogens with one attached hydrogen (secondary N) is 1. The van der Waals surface area contributed by atoms with Crippen LogP contribution < -0.4 is 10.1 Å². The molecule has 1 atom stereocenters. The molecule has 3 nitrogen and oxygen atoms in total. The highest BCUT2D eigenvalue weighted by molar-refractivity contribution is 5.48. The average Bonchev–Trinajstić information content (AvgIpc) is 2.63. The van der Waals surface area contributed by atoms with Gasteiger partial charge in [-0.25, -0.2) is 0 Å². The largest absolute Gasteiger partial charge is 0.496 e. The summed E-state index contributed by atoms with van der Waals surface area (Å²) < 4.78 is 85.9. The molecule has 28 heavy (non-hydrogen) atoms. The maximum Gasteiger partial charge on any atom is 0.416 e. The van der Waals surface area contributed by atoms with Gasteiger partial charge in [-0.2, -0.15) is 26.3 Å². The van der Waals surface area contributed by atoms with Gasteiger partial charge in [0.05, 0.1) is 18.2 Å². The van der Waals surface area contributed by atoms with Gasteiger partial charge in [0.15, 0.2) is 0 Å². The smallest absolute Gasteiger partial charge is 0.416 e. The molecule has 1 heterocycles. The fourth-order valence-electron chi connectivity index (χ4n) is 3.63. The summed E-state index contributed by atoms with van der Waals surface area (Å²) in [7, 11) is 1.11. The topological polar surface area (TPSA) is 24.5 Å². The zero-order valence-electron chi connectivity index (χ0n) is 16.0. The molecule has 2 rings (SSSR count). The molecule has 1 N–H and O–H groups in total. The van der Waals surface area contributed by atoms with Crippen molar-refractivity contribution in [2.45, 2.75) is 51.0 Å². The first-order valence-corrected chi connectivity index (χ1v) is 9.40. The molecular formula is C19H26F6N2O. The van der Waals surface area contributed by atoms with Crippen molar-refractivity contribution in [3.05, 3.63) is 28.8 Å². The number of rotatable bonds is 7. The van der Waals surface area contributed by atoms with E-state index < -0.39 is 29.5 Å². The van der Waals surface area contributed by atoms with Gasteiger partial charge in [0.2, 0.25) is 0 Å². The summed E-state index contributed by atoms with van der Waals surface area (Å²) in [6.45, 7) is 4.28. The fraction of sp³-hybridized carbons (Fsp3) is 0.684. The van der Waals surface area contributed by atoms with E-state index in [4.69, 9.17) is 4.74 Å². The minimum absolute atomic E-state index is 0.194. The maximum absolute atomic E-state index is 13.8. The van der Waals surface area contributed by atoms with Crippen molar-refractivity contribution in [1.82, 2.24) is 10.2 Å². The standard InChI is InChI=1S/C19H26F6N2O/c1-3-4-5-6-15(27-9-7-26-8-10-27)17-14(19(23,24)25)11-13(18(20,21)22)12-16(17)28-2/h11-12,15,26H,3-10H2,1-2H3/t15-/m1/s1. The number of piperazine rings is 1. The van der Waals surface area contributed by atoms with E-state index in [1.165, 1.54) is 0 Å². The van der Waals surface area contributed by atoms with Gasteiger partial charge in [-0.15, -0.1) is 0 Å². The molecule has 0 aliphatic carbocycles. The number of hydrogen-bond acceptors (Lipinski definition) is 3. The Morgan fingerprint density at radius 3 is 2.18 bits per heavy atom. The quantitative estimate of drug-likeness (QED) is 0.489. The second kappa shape index (κ2) is 9.35. The number of unbranched alkanes of at least 4 members (excludes halogenated alkanes) is 2. The second-order valence-electron chi connectivity index (χ2n) is 6.93. The number of hydrogen-bond donors (Lipinski definition) is 1. The van der Waals surface area contributed by atoms with Gasteiger partial charge in [0.25, 0.3) is 0 Å². The minimum Gasteiger partial charge on any atom is -0.496 e. The lowest BCUT2D eigenvalue weighted by Gasteiger charge is -2.37. The highest BCUT2D eigenvalue weighted by Crippen LogP contribution is 2.46. The van der Waals surface area contributed by atoms with E-state index in [1.54, 1.807) is 0 Å². The monoisotopic (exact) mass is 412 g/mol. The van der Waals surface area contributed by atoms with Crippen molar-refractivity contribution < 1.29 is 31.1 Å². The summed E-state index contributed by atoms with van der Waals surface area (Å²) in [6, 6.07) is 0.245. The first kappa shape index (κ1) is 22.8. The average molecular weight is 412 g/mol. The number of alkyl halides is 6. The van der Waals surface area contributed by atoms with Crippen LogP contribution in [0.25, 0.3) is 0 Å². The molecule has 0 spiro atoms. The molecule has 1 aliphatic heterocycles. The van der Waals surface area contributed by atoms with Crippen LogP contribution in [0.3, 0.4) is 0 Å². The normalized spacial score (nSPS) is 17.6. The third kappa shape index (κ3) is 5.53. The molecule has 0 radical (unpaired) electrons. The Kier molecular flexibility index (Phi) is 7.61. The Labute approximate surface area is 161 Å². The van der Waals surface area contributed by atoms with Crippen LogP contribution in [0, 0.1) is 0 Å². The first-order chi connectivity index (χ1) is 13.1. The van der Waals surface area contributed by atoms with Crippen LogP contribution in [0.4, 0.5) is 26.3 Å². The fourth-order valence-corrected chi connectivity index (χ4v) is 3.63. The molecule has 0 bridgehead atoms. The highest BCUT2D eigenvalue weighted by Gasteiger charge is 2.42. The lowest BCUT2D eigenvalue weighted by molar-refractivity contribution is -0.144. The van der Waals surface area contributed by atoms with Crippen molar-refractivity contribution in [3.8, 4) is 5.75 Å². The summed E-state index contributed by atoms with van der Waals surface area (Å²) in [6.07, 6.45) is -6.96. The first-order valence-electron chi connectivity index (χ1n) is 9.40. The van der Waals surface area contributed by atoms with E-state index in [9.17, 15) is 26.3 Å². The van der Waals surface area contributed by atoms with Gasteiger partial charge in [0.1, 0.15) is 5.75 Å². The molecule has 160 valence electrons. The predicted octanol–water partition coefficient (Wildman–Crippen LogP) is 5.26.